The molecule has 0 rings (SSSR count). The second-order valence-electron chi connectivity index (χ2n) is 13.7. The van der Waals surface area contributed by atoms with Gasteiger partial charge in [-0.05, 0) is 70.6 Å². The molecular formula is C43H78O5. The number of ether oxygens (including phenoxy) is 2. The van der Waals surface area contributed by atoms with Crippen molar-refractivity contribution >= 4 is 11.9 Å². The van der Waals surface area contributed by atoms with Crippen LogP contribution in [-0.4, -0.2) is 36.4 Å². The molecule has 0 saturated carbocycles. The van der Waals surface area contributed by atoms with E-state index in [-0.39, 0.29) is 25.2 Å². The zero-order valence-electron chi connectivity index (χ0n) is 31.7. The van der Waals surface area contributed by atoms with Crippen molar-refractivity contribution in [3.05, 3.63) is 36.5 Å². The van der Waals surface area contributed by atoms with Gasteiger partial charge >= 0.3 is 11.9 Å². The van der Waals surface area contributed by atoms with Crippen LogP contribution >= 0.6 is 0 Å². The predicted molar refractivity (Wildman–Crippen MR) is 205 cm³/mol. The maximum absolute atomic E-state index is 12.2. The maximum Gasteiger partial charge on any atom is 0.306 e. The zero-order valence-corrected chi connectivity index (χ0v) is 31.7. The van der Waals surface area contributed by atoms with E-state index in [1.165, 1.54) is 135 Å². The van der Waals surface area contributed by atoms with Crippen LogP contribution in [0.3, 0.4) is 0 Å². The van der Waals surface area contributed by atoms with E-state index in [9.17, 15) is 14.7 Å². The molecule has 0 radical (unpaired) electrons. The molecule has 5 nitrogen and oxygen atoms in total. The molecule has 1 atom stereocenters. The molecule has 0 amide bonds. The van der Waals surface area contributed by atoms with Crippen molar-refractivity contribution in [3.63, 3.8) is 0 Å². The number of carbonyl (C=O) groups excluding carboxylic acids is 2. The average molecular weight is 675 g/mol. The number of hydrogen-bond donors (Lipinski definition) is 1. The molecule has 0 aromatic rings. The highest BCUT2D eigenvalue weighted by molar-refractivity contribution is 5.70. The Hall–Kier alpha value is -1.88. The van der Waals surface area contributed by atoms with Crippen LogP contribution in [0.2, 0.25) is 0 Å². The zero-order chi connectivity index (χ0) is 35.0. The number of carbonyl (C=O) groups is 2. The first kappa shape index (κ1) is 46.1. The average Bonchev–Trinajstić information content (AvgIpc) is 3.09. The summed E-state index contributed by atoms with van der Waals surface area (Å²) in [6.07, 6.45) is 47.7. The third-order valence-electron chi connectivity index (χ3n) is 8.91. The third kappa shape index (κ3) is 36.9. The van der Waals surface area contributed by atoms with Gasteiger partial charge in [0.25, 0.3) is 0 Å². The first-order valence-corrected chi connectivity index (χ1v) is 20.5. The van der Waals surface area contributed by atoms with Crippen LogP contribution in [0.4, 0.5) is 0 Å². The number of rotatable bonds is 37. The second-order valence-corrected chi connectivity index (χ2v) is 13.7. The first-order chi connectivity index (χ1) is 23.6. The van der Waals surface area contributed by atoms with Crippen molar-refractivity contribution in [1.29, 1.82) is 0 Å². The van der Waals surface area contributed by atoms with Crippen molar-refractivity contribution in [2.75, 3.05) is 13.2 Å². The molecule has 0 spiro atoms. The molecule has 48 heavy (non-hydrogen) atoms. The Morgan fingerprint density at radius 3 is 1.29 bits per heavy atom. The largest absolute Gasteiger partial charge is 0.462 e. The standard InChI is InChI=1S/C43H78O5/c1-3-5-7-9-11-13-15-17-19-20-21-22-24-25-27-29-31-33-35-37-42(45)47-40-41(39-44)48-43(46)38-36-34-32-30-28-26-23-18-16-14-12-10-8-6-4-2/h11,13-14,16-17,19,41,44H,3-10,12,15,18,20-40H2,1-2H3/b13-11+,16-14+,19-17+/t41-/m0/s1. The van der Waals surface area contributed by atoms with Crippen LogP contribution in [0.1, 0.15) is 206 Å². The number of esters is 2. The van der Waals surface area contributed by atoms with Crippen LogP contribution < -0.4 is 0 Å². The summed E-state index contributed by atoms with van der Waals surface area (Å²) < 4.78 is 10.6. The number of aliphatic hydroxyl groups is 1. The molecule has 0 aromatic carbocycles. The summed E-state index contributed by atoms with van der Waals surface area (Å²) in [4.78, 5) is 24.3. The van der Waals surface area contributed by atoms with Crippen molar-refractivity contribution in [2.24, 2.45) is 0 Å². The molecule has 0 aliphatic carbocycles. The highest BCUT2D eigenvalue weighted by Crippen LogP contribution is 2.14. The van der Waals surface area contributed by atoms with E-state index in [1.807, 2.05) is 0 Å². The monoisotopic (exact) mass is 675 g/mol. The first-order valence-electron chi connectivity index (χ1n) is 20.5. The minimum Gasteiger partial charge on any atom is -0.462 e. The second kappa shape index (κ2) is 39.6. The van der Waals surface area contributed by atoms with E-state index in [0.29, 0.717) is 12.8 Å². The van der Waals surface area contributed by atoms with Gasteiger partial charge in [0.05, 0.1) is 6.61 Å². The Morgan fingerprint density at radius 1 is 0.479 bits per heavy atom. The highest BCUT2D eigenvalue weighted by atomic mass is 16.6. The fraction of sp³-hybridized carbons (Fsp3) is 0.814. The summed E-state index contributed by atoms with van der Waals surface area (Å²) >= 11 is 0. The molecule has 5 heteroatoms. The normalized spacial score (nSPS) is 12.5. The Morgan fingerprint density at radius 2 is 0.833 bits per heavy atom. The van der Waals surface area contributed by atoms with E-state index in [2.05, 4.69) is 50.3 Å². The summed E-state index contributed by atoms with van der Waals surface area (Å²) in [6.45, 7) is 4.10. The lowest BCUT2D eigenvalue weighted by molar-refractivity contribution is -0.161. The lowest BCUT2D eigenvalue weighted by Crippen LogP contribution is -2.28. The number of allylic oxidation sites excluding steroid dienone is 6. The summed E-state index contributed by atoms with van der Waals surface area (Å²) in [6, 6.07) is 0. The van der Waals surface area contributed by atoms with E-state index in [4.69, 9.17) is 9.47 Å². The smallest absolute Gasteiger partial charge is 0.306 e. The number of aliphatic hydroxyl groups excluding tert-OH is 1. The highest BCUT2D eigenvalue weighted by Gasteiger charge is 2.16. The van der Waals surface area contributed by atoms with Crippen molar-refractivity contribution in [1.82, 2.24) is 0 Å². The molecule has 0 bridgehead atoms. The fourth-order valence-corrected chi connectivity index (χ4v) is 5.75. The van der Waals surface area contributed by atoms with Crippen LogP contribution in [0, 0.1) is 0 Å². The molecular weight excluding hydrogens is 596 g/mol. The SMILES string of the molecule is CCCCC/C=C/C/C=C/CCCCCCCCCCCC(=O)OC[C@H](CO)OC(=O)CCCCCCCCC/C=C/CCCCCC. The number of unbranched alkanes of at least 4 members (excludes halogenated alkanes) is 23. The summed E-state index contributed by atoms with van der Waals surface area (Å²) in [5, 5.41) is 9.56. The van der Waals surface area contributed by atoms with Gasteiger partial charge in [-0.15, -0.1) is 0 Å². The third-order valence-corrected chi connectivity index (χ3v) is 8.91. The van der Waals surface area contributed by atoms with Gasteiger partial charge in [0.1, 0.15) is 6.61 Å². The van der Waals surface area contributed by atoms with Crippen LogP contribution in [0.5, 0.6) is 0 Å². The number of hydrogen-bond acceptors (Lipinski definition) is 5. The van der Waals surface area contributed by atoms with E-state index >= 15 is 0 Å². The molecule has 0 aliphatic rings. The molecule has 0 unspecified atom stereocenters. The Balaban J connectivity index is 3.54. The molecule has 0 aromatic heterocycles. The fourth-order valence-electron chi connectivity index (χ4n) is 5.75. The molecule has 1 N–H and O–H groups in total. The van der Waals surface area contributed by atoms with Gasteiger partial charge in [-0.1, -0.05) is 159 Å². The summed E-state index contributed by atoms with van der Waals surface area (Å²) in [5.41, 5.74) is 0. The van der Waals surface area contributed by atoms with Gasteiger partial charge in [0, 0.05) is 12.8 Å². The molecule has 0 aliphatic heterocycles. The Bertz CT molecular complexity index is 771. The lowest BCUT2D eigenvalue weighted by Gasteiger charge is -2.15. The molecule has 0 fully saturated rings. The summed E-state index contributed by atoms with van der Waals surface area (Å²) in [7, 11) is 0. The van der Waals surface area contributed by atoms with Gasteiger partial charge in [0.2, 0.25) is 0 Å². The van der Waals surface area contributed by atoms with Gasteiger partial charge < -0.3 is 14.6 Å². The van der Waals surface area contributed by atoms with E-state index in [1.54, 1.807) is 0 Å². The van der Waals surface area contributed by atoms with Crippen LogP contribution in [-0.2, 0) is 19.1 Å². The van der Waals surface area contributed by atoms with Crippen molar-refractivity contribution < 1.29 is 24.2 Å². The van der Waals surface area contributed by atoms with Crippen molar-refractivity contribution in [3.8, 4) is 0 Å². The maximum atomic E-state index is 12.2. The predicted octanol–water partition coefficient (Wildman–Crippen LogP) is 12.8. The Kier molecular flexibility index (Phi) is 38.0. The van der Waals surface area contributed by atoms with Gasteiger partial charge in [-0.25, -0.2) is 0 Å². The minimum atomic E-state index is -0.773. The van der Waals surface area contributed by atoms with Crippen LogP contribution in [0.15, 0.2) is 36.5 Å². The van der Waals surface area contributed by atoms with Gasteiger partial charge in [0.15, 0.2) is 6.10 Å². The molecule has 0 saturated heterocycles. The van der Waals surface area contributed by atoms with E-state index in [0.717, 1.165) is 44.9 Å². The van der Waals surface area contributed by atoms with Crippen LogP contribution in [0.25, 0.3) is 0 Å². The topological polar surface area (TPSA) is 72.8 Å². The minimum absolute atomic E-state index is 0.0684. The lowest BCUT2D eigenvalue weighted by atomic mass is 10.1. The summed E-state index contributed by atoms with van der Waals surface area (Å²) in [5.74, 6) is -0.597. The Labute approximate surface area is 297 Å². The van der Waals surface area contributed by atoms with Crippen molar-refractivity contribution in [2.45, 2.75) is 213 Å². The quantitative estimate of drug-likeness (QED) is 0.0403. The van der Waals surface area contributed by atoms with Gasteiger partial charge in [-0.2, -0.15) is 0 Å². The van der Waals surface area contributed by atoms with Gasteiger partial charge in [-0.3, -0.25) is 9.59 Å². The molecule has 0 heterocycles. The molecule has 280 valence electrons. The van der Waals surface area contributed by atoms with E-state index < -0.39 is 6.10 Å².